The molecular formula is C35H58O5. The zero-order valence-corrected chi connectivity index (χ0v) is 26.4. The molecule has 6 aliphatic rings. The molecule has 0 aromatic carbocycles. The van der Waals surface area contributed by atoms with E-state index >= 15 is 0 Å². The molecular weight excluding hydrogens is 500 g/mol. The Balaban J connectivity index is 1.26. The van der Waals surface area contributed by atoms with Gasteiger partial charge in [0.1, 0.15) is 18.3 Å². The predicted octanol–water partition coefficient (Wildman–Crippen LogP) is 6.49. The molecule has 4 unspecified atom stereocenters. The molecule has 0 bridgehead atoms. The van der Waals surface area contributed by atoms with Gasteiger partial charge < -0.3 is 24.8 Å². The van der Waals surface area contributed by atoms with E-state index in [1.807, 2.05) is 0 Å². The summed E-state index contributed by atoms with van der Waals surface area (Å²) in [5, 5.41) is 30.7. The highest BCUT2D eigenvalue weighted by Gasteiger charge is 2.70. The average Bonchev–Trinajstić information content (AvgIpc) is 3.24. The van der Waals surface area contributed by atoms with Gasteiger partial charge in [0.15, 0.2) is 6.29 Å². The first-order valence-corrected chi connectivity index (χ1v) is 16.6. The summed E-state index contributed by atoms with van der Waals surface area (Å²) < 4.78 is 12.2. The number of hydrogen-bond acceptors (Lipinski definition) is 5. The molecule has 5 nitrogen and oxygen atoms in total. The van der Waals surface area contributed by atoms with Crippen LogP contribution in [0.4, 0.5) is 0 Å². The Morgan fingerprint density at radius 1 is 0.775 bits per heavy atom. The smallest absolute Gasteiger partial charge is 0.186 e. The molecule has 5 saturated carbocycles. The summed E-state index contributed by atoms with van der Waals surface area (Å²) in [6, 6.07) is 0. The van der Waals surface area contributed by atoms with Crippen molar-refractivity contribution in [2.75, 3.05) is 6.61 Å². The van der Waals surface area contributed by atoms with Crippen molar-refractivity contribution in [2.24, 2.45) is 56.7 Å². The van der Waals surface area contributed by atoms with Crippen LogP contribution in [0.5, 0.6) is 0 Å². The zero-order valence-electron chi connectivity index (χ0n) is 26.4. The van der Waals surface area contributed by atoms with Gasteiger partial charge in [-0.1, -0.05) is 53.7 Å². The van der Waals surface area contributed by atoms with Crippen LogP contribution in [0.15, 0.2) is 12.2 Å². The average molecular weight is 559 g/mol. The highest BCUT2D eigenvalue weighted by molar-refractivity contribution is 5.21. The lowest BCUT2D eigenvalue weighted by molar-refractivity contribution is -0.311. The van der Waals surface area contributed by atoms with Gasteiger partial charge in [0.05, 0.1) is 12.7 Å². The summed E-state index contributed by atoms with van der Waals surface area (Å²) in [4.78, 5) is 0. The molecule has 228 valence electrons. The largest absolute Gasteiger partial charge is 0.388 e. The van der Waals surface area contributed by atoms with Crippen molar-refractivity contribution in [3.05, 3.63) is 12.2 Å². The van der Waals surface area contributed by atoms with E-state index in [2.05, 4.69) is 55.0 Å². The number of hydrogen-bond donors (Lipinski definition) is 3. The van der Waals surface area contributed by atoms with E-state index in [-0.39, 0.29) is 23.5 Å². The van der Waals surface area contributed by atoms with E-state index in [0.29, 0.717) is 34.0 Å². The number of aliphatic hydroxyl groups excluding tert-OH is 3. The number of aliphatic hydroxyl groups is 3. The SMILES string of the molecule is C=C(C)[C@@H]1CC[C@]2(C)CC[C@]3(C)C(CCC4[C@@]5(C)CC[C@H](O[C@H]6OC[C@@H](O)[C@@H](O)[C@@H]6O)C(C)(C)C5CC[C@]43C)C12. The van der Waals surface area contributed by atoms with Crippen LogP contribution >= 0.6 is 0 Å². The van der Waals surface area contributed by atoms with Crippen LogP contribution < -0.4 is 0 Å². The van der Waals surface area contributed by atoms with Gasteiger partial charge in [-0.15, -0.1) is 0 Å². The molecule has 0 aromatic rings. The molecule has 14 atom stereocenters. The van der Waals surface area contributed by atoms with Crippen LogP contribution in [0, 0.1) is 56.7 Å². The van der Waals surface area contributed by atoms with E-state index in [4.69, 9.17) is 9.47 Å². The summed E-state index contributed by atoms with van der Waals surface area (Å²) in [6.45, 7) is 22.2. The Bertz CT molecular complexity index is 1010. The minimum absolute atomic E-state index is 0.0103. The molecule has 0 amide bonds. The summed E-state index contributed by atoms with van der Waals surface area (Å²) in [7, 11) is 0. The highest BCUT2D eigenvalue weighted by Crippen LogP contribution is 2.77. The summed E-state index contributed by atoms with van der Waals surface area (Å²) in [5.41, 5.74) is 2.83. The molecule has 40 heavy (non-hydrogen) atoms. The van der Waals surface area contributed by atoms with Crippen molar-refractivity contribution < 1.29 is 24.8 Å². The molecule has 0 spiro atoms. The van der Waals surface area contributed by atoms with Gasteiger partial charge in [-0.3, -0.25) is 0 Å². The lowest BCUT2D eigenvalue weighted by Gasteiger charge is -2.73. The third-order valence-electron chi connectivity index (χ3n) is 15.2. The third-order valence-corrected chi connectivity index (χ3v) is 15.2. The van der Waals surface area contributed by atoms with Crippen LogP contribution in [0.1, 0.15) is 113 Å². The molecule has 3 N–H and O–H groups in total. The maximum atomic E-state index is 10.6. The van der Waals surface area contributed by atoms with Crippen molar-refractivity contribution in [3.8, 4) is 0 Å². The Morgan fingerprint density at radius 3 is 2.20 bits per heavy atom. The second-order valence-corrected chi connectivity index (χ2v) is 17.1. The number of fused-ring (bicyclic) bond motifs is 7. The summed E-state index contributed by atoms with van der Waals surface area (Å²) in [6.07, 6.45) is 8.30. The van der Waals surface area contributed by atoms with Gasteiger partial charge in [0, 0.05) is 0 Å². The van der Waals surface area contributed by atoms with E-state index in [0.717, 1.165) is 24.7 Å². The van der Waals surface area contributed by atoms with Gasteiger partial charge in [-0.05, 0) is 128 Å². The van der Waals surface area contributed by atoms with Gasteiger partial charge in [-0.25, -0.2) is 0 Å². The van der Waals surface area contributed by atoms with Gasteiger partial charge in [-0.2, -0.15) is 0 Å². The predicted molar refractivity (Wildman–Crippen MR) is 157 cm³/mol. The number of rotatable bonds is 3. The summed E-state index contributed by atoms with van der Waals surface area (Å²) in [5.74, 6) is 3.55. The summed E-state index contributed by atoms with van der Waals surface area (Å²) >= 11 is 0. The van der Waals surface area contributed by atoms with Crippen molar-refractivity contribution in [1.82, 2.24) is 0 Å². The van der Waals surface area contributed by atoms with Gasteiger partial charge in [0.25, 0.3) is 0 Å². The first-order chi connectivity index (χ1) is 18.6. The number of allylic oxidation sites excluding steroid dienone is 1. The zero-order chi connectivity index (χ0) is 29.0. The minimum Gasteiger partial charge on any atom is -0.388 e. The fourth-order valence-electron chi connectivity index (χ4n) is 12.8. The molecule has 0 aromatic heterocycles. The second-order valence-electron chi connectivity index (χ2n) is 17.1. The maximum Gasteiger partial charge on any atom is 0.186 e. The second kappa shape index (κ2) is 9.52. The lowest BCUT2D eigenvalue weighted by atomic mass is 9.32. The Morgan fingerprint density at radius 2 is 1.50 bits per heavy atom. The first kappa shape index (κ1) is 29.6. The highest BCUT2D eigenvalue weighted by atomic mass is 16.7. The quantitative estimate of drug-likeness (QED) is 0.273. The van der Waals surface area contributed by atoms with Gasteiger partial charge in [0.2, 0.25) is 0 Å². The maximum absolute atomic E-state index is 10.6. The van der Waals surface area contributed by atoms with Crippen LogP contribution in [0.3, 0.4) is 0 Å². The van der Waals surface area contributed by atoms with Gasteiger partial charge >= 0.3 is 0 Å². The van der Waals surface area contributed by atoms with E-state index in [1.165, 1.54) is 56.9 Å². The molecule has 1 aliphatic heterocycles. The Labute approximate surface area is 243 Å². The Kier molecular flexibility index (Phi) is 7.04. The van der Waals surface area contributed by atoms with Crippen LogP contribution in [0.25, 0.3) is 0 Å². The standard InChI is InChI=1S/C35H58O5/c1-20(2)21-11-14-32(5)17-18-34(7)22(27(21)32)9-10-25-33(6)15-13-26(31(3,4)24(33)12-16-35(25,34)8)40-30-29(38)28(37)23(36)19-39-30/h21-30,36-38H,1,9-19H2,2-8H3/t21-,22?,23+,24?,25?,26-,27?,28+,29-,30+,32+,33-,34+,35+/m0/s1. The monoisotopic (exact) mass is 558 g/mol. The third kappa shape index (κ3) is 3.89. The van der Waals surface area contributed by atoms with Crippen LogP contribution in [0.2, 0.25) is 0 Å². The van der Waals surface area contributed by atoms with Crippen molar-refractivity contribution >= 4 is 0 Å². The van der Waals surface area contributed by atoms with E-state index < -0.39 is 24.6 Å². The Hall–Kier alpha value is -0.460. The molecule has 6 fully saturated rings. The van der Waals surface area contributed by atoms with Crippen LogP contribution in [-0.2, 0) is 9.47 Å². The lowest BCUT2D eigenvalue weighted by Crippen LogP contribution is -2.67. The molecule has 6 rings (SSSR count). The van der Waals surface area contributed by atoms with Crippen molar-refractivity contribution in [1.29, 1.82) is 0 Å². The fourth-order valence-corrected chi connectivity index (χ4v) is 12.8. The van der Waals surface area contributed by atoms with Crippen LogP contribution in [-0.4, -0.2) is 52.6 Å². The molecule has 1 heterocycles. The normalized spacial score (nSPS) is 57.4. The fraction of sp³-hybridized carbons (Fsp3) is 0.943. The topological polar surface area (TPSA) is 79.2 Å². The minimum atomic E-state index is -1.23. The number of ether oxygens (including phenoxy) is 2. The molecule has 5 aliphatic carbocycles. The molecule has 0 radical (unpaired) electrons. The van der Waals surface area contributed by atoms with E-state index in [9.17, 15) is 15.3 Å². The first-order valence-electron chi connectivity index (χ1n) is 16.6. The molecule has 5 heteroatoms. The van der Waals surface area contributed by atoms with Crippen molar-refractivity contribution in [2.45, 2.75) is 143 Å². The molecule has 1 saturated heterocycles. The van der Waals surface area contributed by atoms with Crippen molar-refractivity contribution in [3.63, 3.8) is 0 Å². The van der Waals surface area contributed by atoms with E-state index in [1.54, 1.807) is 0 Å².